The first-order valence-electron chi connectivity index (χ1n) is 5.22. The van der Waals surface area contributed by atoms with E-state index in [4.69, 9.17) is 0 Å². The fraction of sp³-hybridized carbons (Fsp3) is 1.00. The van der Waals surface area contributed by atoms with Crippen molar-refractivity contribution in [2.45, 2.75) is 57.0 Å². The van der Waals surface area contributed by atoms with E-state index in [2.05, 4.69) is 6.92 Å². The minimum atomic E-state index is -2.81. The van der Waals surface area contributed by atoms with Crippen LogP contribution in [0.4, 0.5) is 0 Å². The normalized spacial score (nSPS) is 38.8. The monoisotopic (exact) mass is 204 g/mol. The molecule has 2 nitrogen and oxygen atoms in total. The first kappa shape index (κ1) is 11.0. The molecule has 3 heteroatoms. The highest BCUT2D eigenvalue weighted by atomic mass is 32.2. The van der Waals surface area contributed by atoms with E-state index in [1.165, 1.54) is 0 Å². The van der Waals surface area contributed by atoms with E-state index < -0.39 is 9.84 Å². The second-order valence-corrected chi connectivity index (χ2v) is 6.96. The zero-order chi connectivity index (χ0) is 10.1. The molecule has 0 spiro atoms. The molecule has 0 aliphatic carbocycles. The van der Waals surface area contributed by atoms with Gasteiger partial charge < -0.3 is 0 Å². The maximum absolute atomic E-state index is 11.8. The average Bonchev–Trinajstić information content (AvgIpc) is 2.08. The van der Waals surface area contributed by atoms with Gasteiger partial charge in [-0.1, -0.05) is 13.3 Å². The summed E-state index contributed by atoms with van der Waals surface area (Å²) >= 11 is 0. The highest BCUT2D eigenvalue weighted by Gasteiger charge is 2.37. The highest BCUT2D eigenvalue weighted by Crippen LogP contribution is 2.32. The van der Waals surface area contributed by atoms with Crippen molar-refractivity contribution >= 4 is 9.84 Å². The molecule has 1 heterocycles. The molecule has 0 aromatic rings. The van der Waals surface area contributed by atoms with E-state index in [0.29, 0.717) is 5.92 Å². The smallest absolute Gasteiger partial charge is 0.155 e. The van der Waals surface area contributed by atoms with Crippen LogP contribution in [0, 0.1) is 5.92 Å². The average molecular weight is 204 g/mol. The third-order valence-electron chi connectivity index (χ3n) is 3.35. The lowest BCUT2D eigenvalue weighted by Crippen LogP contribution is -2.39. The molecule has 0 bridgehead atoms. The van der Waals surface area contributed by atoms with Gasteiger partial charge in [0.25, 0.3) is 0 Å². The van der Waals surface area contributed by atoms with Crippen LogP contribution in [-0.2, 0) is 9.84 Å². The lowest BCUT2D eigenvalue weighted by molar-refractivity contribution is 0.385. The molecule has 0 aromatic heterocycles. The number of rotatable bonds is 2. The van der Waals surface area contributed by atoms with Gasteiger partial charge in [0, 0.05) is 0 Å². The lowest BCUT2D eigenvalue weighted by Gasteiger charge is -2.32. The SMILES string of the molecule is CCCC1CCC(C)S(=O)(=O)C1C. The summed E-state index contributed by atoms with van der Waals surface area (Å²) in [5, 5.41) is -0.230. The van der Waals surface area contributed by atoms with Crippen LogP contribution in [0.2, 0.25) is 0 Å². The molecule has 1 fully saturated rings. The van der Waals surface area contributed by atoms with Gasteiger partial charge in [0.05, 0.1) is 10.5 Å². The minimum Gasteiger partial charge on any atom is -0.228 e. The summed E-state index contributed by atoms with van der Waals surface area (Å²) in [7, 11) is -2.81. The molecule has 1 aliphatic rings. The molecule has 0 saturated carbocycles. The van der Waals surface area contributed by atoms with Crippen LogP contribution in [0.3, 0.4) is 0 Å². The third kappa shape index (κ3) is 2.06. The predicted octanol–water partition coefficient (Wildman–Crippen LogP) is 2.39. The van der Waals surface area contributed by atoms with Gasteiger partial charge in [-0.2, -0.15) is 0 Å². The Morgan fingerprint density at radius 2 is 1.85 bits per heavy atom. The first-order chi connectivity index (χ1) is 6.00. The molecule has 0 radical (unpaired) electrons. The first-order valence-corrected chi connectivity index (χ1v) is 6.83. The molecule has 0 N–H and O–H groups in total. The van der Waals surface area contributed by atoms with Crippen LogP contribution in [0.5, 0.6) is 0 Å². The summed E-state index contributed by atoms with van der Waals surface area (Å²) < 4.78 is 23.6. The van der Waals surface area contributed by atoms with Crippen LogP contribution in [0.15, 0.2) is 0 Å². The van der Waals surface area contributed by atoms with Crippen molar-refractivity contribution in [3.8, 4) is 0 Å². The molecule has 3 atom stereocenters. The summed E-state index contributed by atoms with van der Waals surface area (Å²) in [5.41, 5.74) is 0. The number of hydrogen-bond donors (Lipinski definition) is 0. The molecule has 0 amide bonds. The number of sulfone groups is 1. The number of hydrogen-bond acceptors (Lipinski definition) is 2. The quantitative estimate of drug-likeness (QED) is 0.692. The van der Waals surface area contributed by atoms with Gasteiger partial charge in [0.15, 0.2) is 9.84 Å². The van der Waals surface area contributed by atoms with Crippen LogP contribution in [-0.4, -0.2) is 18.9 Å². The Balaban J connectivity index is 2.77. The molecule has 1 rings (SSSR count). The molecular weight excluding hydrogens is 184 g/mol. The van der Waals surface area contributed by atoms with Gasteiger partial charge in [-0.25, -0.2) is 8.42 Å². The third-order valence-corrected chi connectivity index (χ3v) is 6.13. The molecule has 78 valence electrons. The van der Waals surface area contributed by atoms with Crippen molar-refractivity contribution < 1.29 is 8.42 Å². The standard InChI is InChI=1S/C10H20O2S/c1-4-5-10-7-6-8(2)13(11,12)9(10)3/h8-10H,4-7H2,1-3H3. The molecule has 0 aromatic carbocycles. The topological polar surface area (TPSA) is 34.1 Å². The largest absolute Gasteiger partial charge is 0.228 e. The van der Waals surface area contributed by atoms with Gasteiger partial charge in [0.2, 0.25) is 0 Å². The van der Waals surface area contributed by atoms with E-state index in [1.807, 2.05) is 13.8 Å². The Kier molecular flexibility index (Phi) is 3.38. The summed E-state index contributed by atoms with van der Waals surface area (Å²) in [6, 6.07) is 0. The molecule has 13 heavy (non-hydrogen) atoms. The molecule has 3 unspecified atom stereocenters. The van der Waals surface area contributed by atoms with E-state index in [0.717, 1.165) is 25.7 Å². The minimum absolute atomic E-state index is 0.115. The summed E-state index contributed by atoms with van der Waals surface area (Å²) in [4.78, 5) is 0. The van der Waals surface area contributed by atoms with Crippen LogP contribution in [0.1, 0.15) is 46.5 Å². The van der Waals surface area contributed by atoms with Gasteiger partial charge in [-0.15, -0.1) is 0 Å². The van der Waals surface area contributed by atoms with Crippen molar-refractivity contribution in [2.75, 3.05) is 0 Å². The highest BCUT2D eigenvalue weighted by molar-refractivity contribution is 7.92. The molecule has 1 aliphatic heterocycles. The van der Waals surface area contributed by atoms with Crippen LogP contribution < -0.4 is 0 Å². The molecule has 1 saturated heterocycles. The van der Waals surface area contributed by atoms with E-state index in [1.54, 1.807) is 0 Å². The maximum atomic E-state index is 11.8. The maximum Gasteiger partial charge on any atom is 0.155 e. The predicted molar refractivity (Wildman–Crippen MR) is 55.5 cm³/mol. The van der Waals surface area contributed by atoms with Crippen molar-refractivity contribution in [1.29, 1.82) is 0 Å². The van der Waals surface area contributed by atoms with E-state index in [-0.39, 0.29) is 10.5 Å². The second kappa shape index (κ2) is 3.99. The fourth-order valence-corrected chi connectivity index (χ4v) is 4.24. The summed E-state index contributed by atoms with van der Waals surface area (Å²) in [6.45, 7) is 5.84. The van der Waals surface area contributed by atoms with Gasteiger partial charge in [-0.05, 0) is 39.0 Å². The van der Waals surface area contributed by atoms with Gasteiger partial charge in [-0.3, -0.25) is 0 Å². The van der Waals surface area contributed by atoms with Gasteiger partial charge >= 0.3 is 0 Å². The second-order valence-electron chi connectivity index (χ2n) is 4.23. The Morgan fingerprint density at radius 3 is 2.38 bits per heavy atom. The Morgan fingerprint density at radius 1 is 1.23 bits per heavy atom. The fourth-order valence-electron chi connectivity index (χ4n) is 2.23. The Labute approximate surface area is 81.6 Å². The van der Waals surface area contributed by atoms with Crippen molar-refractivity contribution in [1.82, 2.24) is 0 Å². The Bertz CT molecular complexity index is 256. The lowest BCUT2D eigenvalue weighted by atomic mass is 9.93. The van der Waals surface area contributed by atoms with Crippen molar-refractivity contribution in [3.05, 3.63) is 0 Å². The van der Waals surface area contributed by atoms with Crippen molar-refractivity contribution in [2.24, 2.45) is 5.92 Å². The zero-order valence-electron chi connectivity index (χ0n) is 8.79. The molecular formula is C10H20O2S. The zero-order valence-corrected chi connectivity index (χ0v) is 9.60. The van der Waals surface area contributed by atoms with Crippen molar-refractivity contribution in [3.63, 3.8) is 0 Å². The summed E-state index contributed by atoms with van der Waals surface area (Å²) in [5.74, 6) is 0.409. The van der Waals surface area contributed by atoms with Crippen LogP contribution >= 0.6 is 0 Å². The van der Waals surface area contributed by atoms with Gasteiger partial charge in [0.1, 0.15) is 0 Å². The summed E-state index contributed by atoms with van der Waals surface area (Å²) in [6.07, 6.45) is 4.11. The van der Waals surface area contributed by atoms with E-state index in [9.17, 15) is 8.42 Å². The van der Waals surface area contributed by atoms with Crippen LogP contribution in [0.25, 0.3) is 0 Å². The van der Waals surface area contributed by atoms with E-state index >= 15 is 0 Å². The Hall–Kier alpha value is -0.0500.